The summed E-state index contributed by atoms with van der Waals surface area (Å²) in [6.45, 7) is 3.83. The topological polar surface area (TPSA) is 62.4 Å². The maximum absolute atomic E-state index is 12.5. The van der Waals surface area contributed by atoms with Crippen molar-refractivity contribution in [3.8, 4) is 0 Å². The largest absolute Gasteiger partial charge is 0.372 e. The Morgan fingerprint density at radius 3 is 2.59 bits per heavy atom. The van der Waals surface area contributed by atoms with Crippen LogP contribution in [0.25, 0.3) is 10.9 Å². The molecule has 2 aliphatic rings. The molecule has 5 heteroatoms. The highest BCUT2D eigenvalue weighted by Crippen LogP contribution is 2.28. The molecule has 144 valence electrons. The fourth-order valence-corrected chi connectivity index (χ4v) is 4.40. The summed E-state index contributed by atoms with van der Waals surface area (Å²) in [5.74, 6) is 0.605. The van der Waals surface area contributed by atoms with Gasteiger partial charge in [-0.15, -0.1) is 0 Å². The van der Waals surface area contributed by atoms with Gasteiger partial charge < -0.3 is 14.6 Å². The number of rotatable bonds is 4. The molecule has 5 nitrogen and oxygen atoms in total. The van der Waals surface area contributed by atoms with Crippen LogP contribution in [-0.2, 0) is 16.1 Å². The van der Waals surface area contributed by atoms with Crippen LogP contribution in [0.1, 0.15) is 49.8 Å². The third-order valence-corrected chi connectivity index (χ3v) is 6.17. The van der Waals surface area contributed by atoms with Gasteiger partial charge in [-0.3, -0.25) is 9.59 Å². The number of hydrogen-bond acceptors (Lipinski definition) is 3. The fraction of sp³-hybridized carbons (Fsp3) is 0.545. The number of H-pyrrole nitrogens is 1. The lowest BCUT2D eigenvalue weighted by Crippen LogP contribution is -2.43. The van der Waals surface area contributed by atoms with E-state index in [0.717, 1.165) is 60.9 Å². The molecule has 1 aromatic carbocycles. The van der Waals surface area contributed by atoms with Crippen LogP contribution in [-0.4, -0.2) is 35.0 Å². The maximum Gasteiger partial charge on any atom is 0.225 e. The molecule has 27 heavy (non-hydrogen) atoms. The molecule has 1 saturated carbocycles. The molecule has 4 rings (SSSR count). The minimum Gasteiger partial charge on any atom is -0.372 e. The van der Waals surface area contributed by atoms with E-state index in [1.165, 1.54) is 12.8 Å². The van der Waals surface area contributed by atoms with Crippen molar-refractivity contribution >= 4 is 16.8 Å². The van der Waals surface area contributed by atoms with Crippen molar-refractivity contribution in [1.82, 2.24) is 9.88 Å². The van der Waals surface area contributed by atoms with Gasteiger partial charge in [0.2, 0.25) is 5.91 Å². The lowest BCUT2D eigenvalue weighted by atomic mass is 10.0. The van der Waals surface area contributed by atoms with Gasteiger partial charge in [0, 0.05) is 41.2 Å². The molecular formula is C22H28N2O3. The third-order valence-electron chi connectivity index (χ3n) is 6.17. The highest BCUT2D eigenvalue weighted by atomic mass is 16.5. The number of ether oxygens (including phenoxy) is 1. The second-order valence-corrected chi connectivity index (χ2v) is 7.92. The Balaban J connectivity index is 1.35. The number of carbonyl (C=O) groups excluding carboxylic acids is 1. The number of piperidine rings is 1. The molecule has 0 unspecified atom stereocenters. The van der Waals surface area contributed by atoms with Gasteiger partial charge in [-0.05, 0) is 44.7 Å². The van der Waals surface area contributed by atoms with Crippen LogP contribution in [0.15, 0.2) is 29.1 Å². The summed E-state index contributed by atoms with van der Waals surface area (Å²) in [5.41, 5.74) is 2.49. The Bertz CT molecular complexity index is 875. The lowest BCUT2D eigenvalue weighted by molar-refractivity contribution is -0.138. The van der Waals surface area contributed by atoms with E-state index in [1.54, 1.807) is 0 Å². The van der Waals surface area contributed by atoms with Gasteiger partial charge >= 0.3 is 0 Å². The standard InChI is InChI=1S/C22H28N2O3/c1-15-20(23-19-9-5-4-8-18(19)21(15)25)14-27-17-10-12-24(13-11-17)22(26)16-6-2-3-7-16/h4-5,8-9,16-17H,2-3,6-7,10-14H2,1H3,(H,23,25). The molecule has 1 aliphatic heterocycles. The van der Waals surface area contributed by atoms with Crippen molar-refractivity contribution in [3.05, 3.63) is 45.7 Å². The molecule has 0 radical (unpaired) electrons. The number of pyridine rings is 1. The monoisotopic (exact) mass is 368 g/mol. The number of benzene rings is 1. The van der Waals surface area contributed by atoms with Crippen LogP contribution < -0.4 is 5.43 Å². The molecule has 2 heterocycles. The average Bonchev–Trinajstić information content (AvgIpc) is 3.24. The van der Waals surface area contributed by atoms with Gasteiger partial charge in [0.05, 0.1) is 12.7 Å². The number of para-hydroxylation sites is 1. The average molecular weight is 368 g/mol. The van der Waals surface area contributed by atoms with E-state index >= 15 is 0 Å². The van der Waals surface area contributed by atoms with Crippen molar-refractivity contribution in [2.75, 3.05) is 13.1 Å². The molecule has 1 saturated heterocycles. The molecule has 0 atom stereocenters. The Kier molecular flexibility index (Phi) is 5.30. The predicted molar refractivity (Wildman–Crippen MR) is 106 cm³/mol. The second kappa shape index (κ2) is 7.85. The molecule has 1 aromatic heterocycles. The van der Waals surface area contributed by atoms with Crippen molar-refractivity contribution < 1.29 is 9.53 Å². The normalized spacial score (nSPS) is 19.1. The van der Waals surface area contributed by atoms with E-state index in [2.05, 4.69) is 4.98 Å². The summed E-state index contributed by atoms with van der Waals surface area (Å²) >= 11 is 0. The molecule has 0 bridgehead atoms. The summed E-state index contributed by atoms with van der Waals surface area (Å²) in [7, 11) is 0. The number of likely N-dealkylation sites (tertiary alicyclic amines) is 1. The van der Waals surface area contributed by atoms with Crippen molar-refractivity contribution in [1.29, 1.82) is 0 Å². The molecular weight excluding hydrogens is 340 g/mol. The van der Waals surface area contributed by atoms with E-state index in [-0.39, 0.29) is 17.5 Å². The first-order valence-corrected chi connectivity index (χ1v) is 10.1. The molecule has 1 amide bonds. The van der Waals surface area contributed by atoms with Crippen LogP contribution >= 0.6 is 0 Å². The first-order chi connectivity index (χ1) is 13.1. The highest BCUT2D eigenvalue weighted by Gasteiger charge is 2.30. The van der Waals surface area contributed by atoms with Gasteiger partial charge in [0.1, 0.15) is 0 Å². The number of fused-ring (bicyclic) bond motifs is 1. The summed E-state index contributed by atoms with van der Waals surface area (Å²) < 4.78 is 6.10. The van der Waals surface area contributed by atoms with Crippen LogP contribution in [0.3, 0.4) is 0 Å². The molecule has 1 aliphatic carbocycles. The number of nitrogens with one attached hydrogen (secondary N) is 1. The minimum absolute atomic E-state index is 0.0694. The minimum atomic E-state index is 0.0694. The van der Waals surface area contributed by atoms with Gasteiger partial charge in [-0.2, -0.15) is 0 Å². The quantitative estimate of drug-likeness (QED) is 0.898. The number of hydrogen-bond donors (Lipinski definition) is 1. The van der Waals surface area contributed by atoms with Crippen LogP contribution in [0, 0.1) is 12.8 Å². The first kappa shape index (κ1) is 18.2. The number of amides is 1. The molecule has 1 N–H and O–H groups in total. The first-order valence-electron chi connectivity index (χ1n) is 10.1. The van der Waals surface area contributed by atoms with Crippen LogP contribution in [0.5, 0.6) is 0 Å². The number of aromatic amines is 1. The highest BCUT2D eigenvalue weighted by molar-refractivity contribution is 5.79. The Morgan fingerprint density at radius 1 is 1.15 bits per heavy atom. The summed E-state index contributed by atoms with van der Waals surface area (Å²) in [4.78, 5) is 30.4. The zero-order chi connectivity index (χ0) is 18.8. The predicted octanol–water partition coefficient (Wildman–Crippen LogP) is 3.53. The lowest BCUT2D eigenvalue weighted by Gasteiger charge is -2.33. The maximum atomic E-state index is 12.5. The van der Waals surface area contributed by atoms with Crippen molar-refractivity contribution in [3.63, 3.8) is 0 Å². The molecule has 0 spiro atoms. The SMILES string of the molecule is Cc1c(COC2CCN(C(=O)C3CCCC3)CC2)[nH]c2ccccc2c1=O. The number of aromatic nitrogens is 1. The van der Waals surface area contributed by atoms with Gasteiger partial charge in [-0.1, -0.05) is 25.0 Å². The van der Waals surface area contributed by atoms with Crippen molar-refractivity contribution in [2.45, 2.75) is 58.2 Å². The van der Waals surface area contributed by atoms with Crippen molar-refractivity contribution in [2.24, 2.45) is 5.92 Å². The summed E-state index contributed by atoms with van der Waals surface area (Å²) in [5, 5.41) is 0.720. The zero-order valence-electron chi connectivity index (χ0n) is 16.0. The van der Waals surface area contributed by atoms with E-state index in [4.69, 9.17) is 4.74 Å². The smallest absolute Gasteiger partial charge is 0.225 e. The molecule has 2 aromatic rings. The van der Waals surface area contributed by atoms with Gasteiger partial charge in [0.25, 0.3) is 0 Å². The van der Waals surface area contributed by atoms with Crippen LogP contribution in [0.4, 0.5) is 0 Å². The molecule has 2 fully saturated rings. The van der Waals surface area contributed by atoms with E-state index in [0.29, 0.717) is 12.5 Å². The zero-order valence-corrected chi connectivity index (χ0v) is 16.0. The van der Waals surface area contributed by atoms with Crippen LogP contribution in [0.2, 0.25) is 0 Å². The van der Waals surface area contributed by atoms with Gasteiger partial charge in [0.15, 0.2) is 5.43 Å². The Labute approximate surface area is 159 Å². The summed E-state index contributed by atoms with van der Waals surface area (Å²) in [6, 6.07) is 7.58. The van der Waals surface area contributed by atoms with E-state index in [9.17, 15) is 9.59 Å². The third kappa shape index (κ3) is 3.79. The number of nitrogens with zero attached hydrogens (tertiary/aromatic N) is 1. The van der Waals surface area contributed by atoms with E-state index in [1.807, 2.05) is 36.1 Å². The fourth-order valence-electron chi connectivity index (χ4n) is 4.40. The van der Waals surface area contributed by atoms with E-state index < -0.39 is 0 Å². The second-order valence-electron chi connectivity index (χ2n) is 7.92. The number of carbonyl (C=O) groups is 1. The summed E-state index contributed by atoms with van der Waals surface area (Å²) in [6.07, 6.45) is 6.39. The van der Waals surface area contributed by atoms with Gasteiger partial charge in [-0.25, -0.2) is 0 Å². The Morgan fingerprint density at radius 2 is 1.85 bits per heavy atom. The Hall–Kier alpha value is -2.14.